The third kappa shape index (κ3) is 4.48. The second-order valence-corrected chi connectivity index (χ2v) is 10.4. The molecule has 2 heterocycles. The lowest BCUT2D eigenvalue weighted by Crippen LogP contribution is -2.20. The summed E-state index contributed by atoms with van der Waals surface area (Å²) in [6, 6.07) is -1.14. The Morgan fingerprint density at radius 1 is 1.37 bits per heavy atom. The first-order chi connectivity index (χ1) is 13.7. The molecule has 0 saturated heterocycles. The molecule has 1 atom stereocenters. The Balaban J connectivity index is 1.97. The summed E-state index contributed by atoms with van der Waals surface area (Å²) < 4.78 is 56.2. The van der Waals surface area contributed by atoms with Gasteiger partial charge in [-0.25, -0.2) is 24.1 Å². The fourth-order valence-corrected chi connectivity index (χ4v) is 5.17. The van der Waals surface area contributed by atoms with E-state index in [1.54, 1.807) is 0 Å². The maximum Gasteiger partial charge on any atom is 0.433 e. The summed E-state index contributed by atoms with van der Waals surface area (Å²) in [5, 5.41) is 18.2. The average molecular weight is 464 g/mol. The lowest BCUT2D eigenvalue weighted by atomic mass is 10.1. The highest BCUT2D eigenvalue weighted by Gasteiger charge is 2.38. The fourth-order valence-electron chi connectivity index (χ4n) is 3.10. The van der Waals surface area contributed by atoms with E-state index < -0.39 is 33.4 Å². The molecule has 1 aliphatic rings. The lowest BCUT2D eigenvalue weighted by molar-refractivity contribution is -0.141. The molecule has 164 valence electrons. The number of pyridine rings is 1. The lowest BCUT2D eigenvalue weighted by Gasteiger charge is -2.17. The number of carbonyl (C=O) groups excluding carboxylic acids is 1. The molecular weight excluding hydrogens is 443 g/mol. The van der Waals surface area contributed by atoms with Crippen LogP contribution in [0.15, 0.2) is 14.8 Å². The Bertz CT molecular complexity index is 1130. The summed E-state index contributed by atoms with van der Waals surface area (Å²) in [4.78, 5) is 20.1. The van der Waals surface area contributed by atoms with Gasteiger partial charge >= 0.3 is 12.2 Å². The first kappa shape index (κ1) is 22.6. The van der Waals surface area contributed by atoms with Gasteiger partial charge in [-0.05, 0) is 45.6 Å². The Morgan fingerprint density at radius 3 is 2.60 bits per heavy atom. The van der Waals surface area contributed by atoms with Gasteiger partial charge in [-0.1, -0.05) is 0 Å². The van der Waals surface area contributed by atoms with Crippen LogP contribution < -0.4 is 10.5 Å². The van der Waals surface area contributed by atoms with Crippen molar-refractivity contribution in [2.24, 2.45) is 9.50 Å². The number of nitrogens with one attached hydrogen (secondary N) is 1. The van der Waals surface area contributed by atoms with Gasteiger partial charge in [0.25, 0.3) is 0 Å². The van der Waals surface area contributed by atoms with Crippen molar-refractivity contribution in [1.82, 2.24) is 9.97 Å². The zero-order chi connectivity index (χ0) is 22.5. The SMILES string of the molecule is Cc1c(C(F)(F)F)nc2c(c1NC(=O)N=S(N)(=O)c1cnc(C(C)(C)O)s1)CCC2. The summed E-state index contributed by atoms with van der Waals surface area (Å²) in [6.45, 7) is 4.16. The minimum Gasteiger partial charge on any atom is -0.383 e. The number of alkyl halides is 3. The third-order valence-corrected chi connectivity index (χ3v) is 7.67. The molecule has 0 radical (unpaired) electrons. The van der Waals surface area contributed by atoms with E-state index in [-0.39, 0.29) is 26.2 Å². The van der Waals surface area contributed by atoms with Crippen LogP contribution in [-0.4, -0.2) is 25.3 Å². The van der Waals surface area contributed by atoms with Gasteiger partial charge in [-0.3, -0.25) is 0 Å². The van der Waals surface area contributed by atoms with E-state index in [4.69, 9.17) is 5.14 Å². The number of thiazole rings is 1. The van der Waals surface area contributed by atoms with Crippen molar-refractivity contribution in [3.05, 3.63) is 33.7 Å². The second-order valence-electron chi connectivity index (χ2n) is 7.37. The molecule has 0 aliphatic heterocycles. The topological polar surface area (TPSA) is 131 Å². The van der Waals surface area contributed by atoms with Crippen LogP contribution in [0.1, 0.15) is 47.8 Å². The fraction of sp³-hybridized carbons (Fsp3) is 0.471. The number of anilines is 1. The number of hydrogen-bond donors (Lipinski definition) is 3. The normalized spacial score (nSPS) is 16.1. The molecule has 0 fully saturated rings. The molecule has 0 aromatic carbocycles. The standard InChI is InChI=1S/C17H20F3N5O3S2/c1-8-12(9-5-4-6-10(9)23-13(8)17(18,19)20)24-15(26)25-30(21,28)11-7-22-14(29-11)16(2,3)27/h7,27H,4-6H2,1-3H3,(H3,21,23,24,25,26,28). The number of carbonyl (C=O) groups is 1. The Morgan fingerprint density at radius 2 is 2.03 bits per heavy atom. The molecule has 0 bridgehead atoms. The predicted molar refractivity (Wildman–Crippen MR) is 105 cm³/mol. The Labute approximate surface area is 175 Å². The summed E-state index contributed by atoms with van der Waals surface area (Å²) in [7, 11) is -3.71. The number of aryl methyl sites for hydroxylation is 1. The maximum absolute atomic E-state index is 13.3. The van der Waals surface area contributed by atoms with Crippen LogP contribution >= 0.6 is 11.3 Å². The van der Waals surface area contributed by atoms with Crippen LogP contribution in [0.25, 0.3) is 0 Å². The van der Waals surface area contributed by atoms with E-state index in [0.717, 1.165) is 17.5 Å². The summed E-state index contributed by atoms with van der Waals surface area (Å²) in [5.41, 5.74) is -1.87. The summed E-state index contributed by atoms with van der Waals surface area (Å²) >= 11 is 0.830. The highest BCUT2D eigenvalue weighted by molar-refractivity contribution is 7.93. The smallest absolute Gasteiger partial charge is 0.383 e. The van der Waals surface area contributed by atoms with Gasteiger partial charge < -0.3 is 10.4 Å². The number of urea groups is 1. The highest BCUT2D eigenvalue weighted by atomic mass is 32.2. The number of hydrogen-bond acceptors (Lipinski definition) is 6. The van der Waals surface area contributed by atoms with Crippen LogP contribution in [0, 0.1) is 6.92 Å². The molecule has 1 aliphatic carbocycles. The van der Waals surface area contributed by atoms with E-state index in [2.05, 4.69) is 19.6 Å². The molecule has 2 amide bonds. The van der Waals surface area contributed by atoms with Gasteiger partial charge in [0.15, 0.2) is 9.92 Å². The van der Waals surface area contributed by atoms with Gasteiger partial charge in [0.2, 0.25) is 0 Å². The van der Waals surface area contributed by atoms with Gasteiger partial charge in [-0.2, -0.15) is 13.2 Å². The number of amides is 2. The predicted octanol–water partition coefficient (Wildman–Crippen LogP) is 3.51. The molecule has 0 spiro atoms. The zero-order valence-corrected chi connectivity index (χ0v) is 18.0. The molecule has 1 unspecified atom stereocenters. The summed E-state index contributed by atoms with van der Waals surface area (Å²) in [5.74, 6) is 0. The first-order valence-electron chi connectivity index (χ1n) is 8.84. The highest BCUT2D eigenvalue weighted by Crippen LogP contribution is 2.39. The van der Waals surface area contributed by atoms with Crippen LogP contribution in [0.5, 0.6) is 0 Å². The monoisotopic (exact) mass is 463 g/mol. The Hall–Kier alpha value is -2.09. The molecule has 30 heavy (non-hydrogen) atoms. The van der Waals surface area contributed by atoms with Crippen molar-refractivity contribution < 1.29 is 27.3 Å². The second kappa shape index (κ2) is 7.55. The number of fused-ring (bicyclic) bond motifs is 1. The van der Waals surface area contributed by atoms with E-state index in [0.29, 0.717) is 24.8 Å². The van der Waals surface area contributed by atoms with Gasteiger partial charge in [-0.15, -0.1) is 15.7 Å². The molecule has 4 N–H and O–H groups in total. The van der Waals surface area contributed by atoms with Gasteiger partial charge in [0.1, 0.15) is 20.5 Å². The van der Waals surface area contributed by atoms with Crippen LogP contribution in [-0.2, 0) is 34.5 Å². The average Bonchev–Trinajstić information content (AvgIpc) is 3.24. The molecule has 2 aromatic heterocycles. The van der Waals surface area contributed by atoms with E-state index in [1.807, 2.05) is 0 Å². The third-order valence-electron chi connectivity index (χ3n) is 4.48. The maximum atomic E-state index is 13.3. The molecule has 8 nitrogen and oxygen atoms in total. The van der Waals surface area contributed by atoms with Crippen molar-refractivity contribution >= 4 is 33.0 Å². The number of nitrogens with zero attached hydrogens (tertiary/aromatic N) is 3. The number of rotatable bonds is 3. The minimum atomic E-state index is -4.68. The molecule has 13 heteroatoms. The van der Waals surface area contributed by atoms with E-state index in [1.165, 1.54) is 20.8 Å². The molecule has 3 rings (SSSR count). The van der Waals surface area contributed by atoms with Crippen LogP contribution in [0.2, 0.25) is 0 Å². The van der Waals surface area contributed by atoms with Crippen LogP contribution in [0.4, 0.5) is 23.7 Å². The number of halogens is 3. The molecular formula is C17H20F3N5O3S2. The van der Waals surface area contributed by atoms with E-state index in [9.17, 15) is 27.3 Å². The van der Waals surface area contributed by atoms with Crippen molar-refractivity contribution in [3.8, 4) is 0 Å². The first-order valence-corrected chi connectivity index (χ1v) is 11.2. The Kier molecular flexibility index (Phi) is 5.69. The van der Waals surface area contributed by atoms with Crippen molar-refractivity contribution in [2.45, 2.75) is 56.0 Å². The number of nitrogens with two attached hydrogens (primary N) is 1. The largest absolute Gasteiger partial charge is 0.433 e. The quantitative estimate of drug-likeness (QED) is 0.641. The molecule has 0 saturated carbocycles. The minimum absolute atomic E-state index is 0.0322. The number of aliphatic hydroxyl groups is 1. The van der Waals surface area contributed by atoms with Crippen molar-refractivity contribution in [3.63, 3.8) is 0 Å². The number of aromatic nitrogens is 2. The van der Waals surface area contributed by atoms with Gasteiger partial charge in [0.05, 0.1) is 11.9 Å². The molecule has 2 aromatic rings. The van der Waals surface area contributed by atoms with Crippen molar-refractivity contribution in [1.29, 1.82) is 0 Å². The zero-order valence-electron chi connectivity index (χ0n) is 16.3. The van der Waals surface area contributed by atoms with E-state index >= 15 is 0 Å². The summed E-state index contributed by atoms with van der Waals surface area (Å²) in [6.07, 6.45) is -2.10. The van der Waals surface area contributed by atoms with Crippen LogP contribution in [0.3, 0.4) is 0 Å². The van der Waals surface area contributed by atoms with Crippen molar-refractivity contribution in [2.75, 3.05) is 5.32 Å². The van der Waals surface area contributed by atoms with Gasteiger partial charge in [0, 0.05) is 11.3 Å².